The van der Waals surface area contributed by atoms with E-state index in [1.807, 2.05) is 32.2 Å². The highest BCUT2D eigenvalue weighted by Gasteiger charge is 2.23. The van der Waals surface area contributed by atoms with E-state index in [2.05, 4.69) is 35.6 Å². The average Bonchev–Trinajstić information content (AvgIpc) is 2.64. The maximum atomic E-state index is 9.16. The number of aliphatic hydroxyl groups excluding tert-OH is 1. The Bertz CT molecular complexity index is 393. The number of imidazole rings is 1. The number of aliphatic hydroxyl groups is 1. The molecule has 1 unspecified atom stereocenters. The van der Waals surface area contributed by atoms with Crippen LogP contribution in [0, 0.1) is 5.41 Å². The lowest BCUT2D eigenvalue weighted by atomic mass is 9.85. The Kier molecular flexibility index (Phi) is 5.38. The highest BCUT2D eigenvalue weighted by Crippen LogP contribution is 2.22. The van der Waals surface area contributed by atoms with Gasteiger partial charge in [0.15, 0.2) is 0 Å². The first-order valence-corrected chi connectivity index (χ1v) is 6.79. The Hall–Kier alpha value is -1.07. The monoisotopic (exact) mass is 268 g/mol. The molecule has 0 aromatic carbocycles. The van der Waals surface area contributed by atoms with Gasteiger partial charge in [-0.2, -0.15) is 0 Å². The lowest BCUT2D eigenvalue weighted by Crippen LogP contribution is -2.40. The Morgan fingerprint density at radius 2 is 2.05 bits per heavy atom. The number of hydrogen-bond donors (Lipinski definition) is 2. The summed E-state index contributed by atoms with van der Waals surface area (Å²) >= 11 is 0. The Labute approximate surface area is 116 Å². The van der Waals surface area contributed by atoms with Crippen LogP contribution in [0.2, 0.25) is 0 Å². The van der Waals surface area contributed by atoms with E-state index in [0.717, 1.165) is 24.6 Å². The molecule has 0 fully saturated rings. The van der Waals surface area contributed by atoms with Gasteiger partial charge in [0, 0.05) is 40.3 Å². The molecule has 2 N–H and O–H groups in total. The van der Waals surface area contributed by atoms with Crippen LogP contribution in [0.5, 0.6) is 0 Å². The van der Waals surface area contributed by atoms with Gasteiger partial charge in [-0.05, 0) is 11.8 Å². The fourth-order valence-electron chi connectivity index (χ4n) is 2.21. The normalized spacial score (nSPS) is 13.6. The van der Waals surface area contributed by atoms with Gasteiger partial charge in [-0.3, -0.25) is 0 Å². The molecule has 5 nitrogen and oxygen atoms in total. The van der Waals surface area contributed by atoms with Crippen molar-refractivity contribution >= 4 is 5.95 Å². The zero-order valence-electron chi connectivity index (χ0n) is 13.1. The highest BCUT2D eigenvalue weighted by atomic mass is 16.3. The van der Waals surface area contributed by atoms with Gasteiger partial charge in [0.1, 0.15) is 0 Å². The maximum Gasteiger partial charge on any atom is 0.204 e. The van der Waals surface area contributed by atoms with Gasteiger partial charge in [-0.25, -0.2) is 4.98 Å². The molecular formula is C14H28N4O. The van der Waals surface area contributed by atoms with Crippen molar-refractivity contribution < 1.29 is 5.11 Å². The lowest BCUT2D eigenvalue weighted by molar-refractivity contribution is 0.196. The summed E-state index contributed by atoms with van der Waals surface area (Å²) in [5, 5.41) is 12.7. The molecule has 0 bridgehead atoms. The Balaban J connectivity index is 2.70. The SMILES string of the molecule is CN(C)c1ncc(CNC(CCO)C(C)(C)C)n1C. The largest absolute Gasteiger partial charge is 0.396 e. The predicted octanol–water partition coefficient (Wildman–Crippen LogP) is 1.37. The molecule has 110 valence electrons. The molecule has 0 spiro atoms. The van der Waals surface area contributed by atoms with Crippen LogP contribution in [0.25, 0.3) is 0 Å². The van der Waals surface area contributed by atoms with E-state index in [4.69, 9.17) is 5.11 Å². The van der Waals surface area contributed by atoms with E-state index in [1.165, 1.54) is 0 Å². The van der Waals surface area contributed by atoms with E-state index in [0.29, 0.717) is 0 Å². The second kappa shape index (κ2) is 6.39. The first kappa shape index (κ1) is 16.0. The van der Waals surface area contributed by atoms with Crippen molar-refractivity contribution in [1.82, 2.24) is 14.9 Å². The van der Waals surface area contributed by atoms with Gasteiger partial charge in [0.25, 0.3) is 0 Å². The third-order valence-electron chi connectivity index (χ3n) is 3.45. The molecule has 0 radical (unpaired) electrons. The first-order valence-electron chi connectivity index (χ1n) is 6.79. The summed E-state index contributed by atoms with van der Waals surface area (Å²) < 4.78 is 2.09. The van der Waals surface area contributed by atoms with Crippen LogP contribution in [0.1, 0.15) is 32.9 Å². The number of aromatic nitrogens is 2. The predicted molar refractivity (Wildman–Crippen MR) is 79.3 cm³/mol. The number of nitrogens with one attached hydrogen (secondary N) is 1. The summed E-state index contributed by atoms with van der Waals surface area (Å²) in [6.45, 7) is 7.54. The van der Waals surface area contributed by atoms with E-state index in [-0.39, 0.29) is 18.1 Å². The smallest absolute Gasteiger partial charge is 0.204 e. The minimum atomic E-state index is 0.131. The summed E-state index contributed by atoms with van der Waals surface area (Å²) in [5.41, 5.74) is 1.28. The van der Waals surface area contributed by atoms with Gasteiger partial charge in [-0.1, -0.05) is 20.8 Å². The van der Waals surface area contributed by atoms with Crippen molar-refractivity contribution in [3.05, 3.63) is 11.9 Å². The zero-order valence-corrected chi connectivity index (χ0v) is 13.1. The molecule has 1 atom stereocenters. The number of nitrogens with zero attached hydrogens (tertiary/aromatic N) is 3. The highest BCUT2D eigenvalue weighted by molar-refractivity contribution is 5.30. The second-order valence-electron chi connectivity index (χ2n) is 6.31. The van der Waals surface area contributed by atoms with Crippen molar-refractivity contribution in [2.75, 3.05) is 25.6 Å². The molecule has 1 aromatic heterocycles. The van der Waals surface area contributed by atoms with Crippen LogP contribution in [0.3, 0.4) is 0 Å². The van der Waals surface area contributed by atoms with Crippen LogP contribution < -0.4 is 10.2 Å². The van der Waals surface area contributed by atoms with Gasteiger partial charge >= 0.3 is 0 Å². The molecule has 1 rings (SSSR count). The zero-order chi connectivity index (χ0) is 14.6. The van der Waals surface area contributed by atoms with Gasteiger partial charge in [-0.15, -0.1) is 0 Å². The summed E-state index contributed by atoms with van der Waals surface area (Å²) in [6, 6.07) is 0.287. The third-order valence-corrected chi connectivity index (χ3v) is 3.45. The van der Waals surface area contributed by atoms with Crippen LogP contribution >= 0.6 is 0 Å². The van der Waals surface area contributed by atoms with E-state index in [1.54, 1.807) is 0 Å². The molecule has 1 aromatic rings. The van der Waals surface area contributed by atoms with E-state index in [9.17, 15) is 0 Å². The molecule has 0 aliphatic heterocycles. The molecule has 0 saturated heterocycles. The topological polar surface area (TPSA) is 53.3 Å². The Morgan fingerprint density at radius 1 is 1.42 bits per heavy atom. The molecular weight excluding hydrogens is 240 g/mol. The number of hydrogen-bond acceptors (Lipinski definition) is 4. The summed E-state index contributed by atoms with van der Waals surface area (Å²) in [5.74, 6) is 0.950. The van der Waals surface area contributed by atoms with Crippen LogP contribution in [0.4, 0.5) is 5.95 Å². The maximum absolute atomic E-state index is 9.16. The Morgan fingerprint density at radius 3 is 2.47 bits per heavy atom. The molecule has 0 aliphatic carbocycles. The van der Waals surface area contributed by atoms with Gasteiger partial charge in [0.2, 0.25) is 5.95 Å². The summed E-state index contributed by atoms with van der Waals surface area (Å²) in [4.78, 5) is 6.40. The van der Waals surface area contributed by atoms with Gasteiger partial charge < -0.3 is 19.9 Å². The molecule has 1 heterocycles. The van der Waals surface area contributed by atoms with Crippen molar-refractivity contribution in [1.29, 1.82) is 0 Å². The quantitative estimate of drug-likeness (QED) is 0.818. The molecule has 0 saturated carbocycles. The molecule has 19 heavy (non-hydrogen) atoms. The number of anilines is 1. The van der Waals surface area contributed by atoms with E-state index >= 15 is 0 Å². The minimum absolute atomic E-state index is 0.131. The van der Waals surface area contributed by atoms with Crippen LogP contribution in [-0.2, 0) is 13.6 Å². The van der Waals surface area contributed by atoms with Crippen LogP contribution in [0.15, 0.2) is 6.20 Å². The fourth-order valence-corrected chi connectivity index (χ4v) is 2.21. The fraction of sp³-hybridized carbons (Fsp3) is 0.786. The van der Waals surface area contributed by atoms with Gasteiger partial charge in [0.05, 0.1) is 11.9 Å². The van der Waals surface area contributed by atoms with Crippen molar-refractivity contribution in [2.24, 2.45) is 12.5 Å². The van der Waals surface area contributed by atoms with E-state index < -0.39 is 0 Å². The standard InChI is InChI=1S/C14H28N4O/c1-14(2,3)12(7-8-19)15-9-11-10-16-13(17(4)5)18(11)6/h10,12,15,19H,7-9H2,1-6H3. The van der Waals surface area contributed by atoms with Crippen molar-refractivity contribution in [2.45, 2.75) is 39.8 Å². The first-order chi connectivity index (χ1) is 8.77. The third kappa shape index (κ3) is 4.21. The molecule has 0 amide bonds. The average molecular weight is 268 g/mol. The number of rotatable bonds is 6. The van der Waals surface area contributed by atoms with Crippen molar-refractivity contribution in [3.63, 3.8) is 0 Å². The second-order valence-corrected chi connectivity index (χ2v) is 6.31. The molecule has 0 aliphatic rings. The molecule has 5 heteroatoms. The van der Waals surface area contributed by atoms with Crippen molar-refractivity contribution in [3.8, 4) is 0 Å². The lowest BCUT2D eigenvalue weighted by Gasteiger charge is -2.31. The van der Waals surface area contributed by atoms with Crippen LogP contribution in [-0.4, -0.2) is 41.4 Å². The summed E-state index contributed by atoms with van der Waals surface area (Å²) in [6.07, 6.45) is 2.67. The minimum Gasteiger partial charge on any atom is -0.396 e. The summed E-state index contributed by atoms with van der Waals surface area (Å²) in [7, 11) is 6.00.